The van der Waals surface area contributed by atoms with Crippen LogP contribution in [0.25, 0.3) is 17.8 Å². The summed E-state index contributed by atoms with van der Waals surface area (Å²) >= 11 is 3.42. The molecule has 8 heteroatoms. The highest BCUT2D eigenvalue weighted by molar-refractivity contribution is 9.10. The molecule has 0 unspecified atom stereocenters. The standard InChI is InChI=1S/C24H18BrF3N4/c25-16-4-1-15(2-5-16)3-7-19-13-29-23-9-10-24(30-32(19)23)31-14-18(27)12-22(31)20-11-17(26)6-8-21(20)28/h1-11,13,18,22H,12,14H2/b7-3+/t18-,22+/m0/s1. The Kier molecular flexibility index (Phi) is 5.46. The van der Waals surface area contributed by atoms with Gasteiger partial charge in [0.2, 0.25) is 0 Å². The summed E-state index contributed by atoms with van der Waals surface area (Å²) in [4.78, 5) is 6.05. The number of hydrogen-bond donors (Lipinski definition) is 0. The third-order valence-corrected chi connectivity index (χ3v) is 6.08. The van der Waals surface area contributed by atoms with Gasteiger partial charge in [0.05, 0.1) is 24.5 Å². The van der Waals surface area contributed by atoms with Crippen molar-refractivity contribution in [3.8, 4) is 0 Å². The van der Waals surface area contributed by atoms with Crippen LogP contribution in [-0.4, -0.2) is 27.3 Å². The second kappa shape index (κ2) is 8.43. The maximum absolute atomic E-state index is 14.4. The second-order valence-electron chi connectivity index (χ2n) is 7.70. The number of halogens is 4. The summed E-state index contributed by atoms with van der Waals surface area (Å²) in [5, 5.41) is 4.64. The Labute approximate surface area is 191 Å². The van der Waals surface area contributed by atoms with Crippen LogP contribution in [-0.2, 0) is 0 Å². The topological polar surface area (TPSA) is 33.4 Å². The maximum atomic E-state index is 14.4. The van der Waals surface area contributed by atoms with Gasteiger partial charge in [0, 0.05) is 16.5 Å². The van der Waals surface area contributed by atoms with Gasteiger partial charge in [0.15, 0.2) is 5.65 Å². The first kappa shape index (κ1) is 20.8. The molecule has 1 fully saturated rings. The third kappa shape index (κ3) is 4.02. The number of rotatable bonds is 4. The maximum Gasteiger partial charge on any atom is 0.154 e. The van der Waals surface area contributed by atoms with E-state index in [9.17, 15) is 13.2 Å². The first-order valence-corrected chi connectivity index (χ1v) is 10.9. The summed E-state index contributed by atoms with van der Waals surface area (Å²) < 4.78 is 45.2. The van der Waals surface area contributed by atoms with Crippen LogP contribution < -0.4 is 4.90 Å². The molecule has 0 saturated carbocycles. The Hall–Kier alpha value is -3.13. The van der Waals surface area contributed by atoms with E-state index in [1.807, 2.05) is 36.4 Å². The molecule has 0 amide bonds. The van der Waals surface area contributed by atoms with Crippen molar-refractivity contribution >= 4 is 39.5 Å². The Morgan fingerprint density at radius 3 is 2.62 bits per heavy atom. The van der Waals surface area contributed by atoms with E-state index in [2.05, 4.69) is 26.0 Å². The average Bonchev–Trinajstić information content (AvgIpc) is 3.38. The predicted molar refractivity (Wildman–Crippen MR) is 122 cm³/mol. The van der Waals surface area contributed by atoms with E-state index < -0.39 is 23.8 Å². The molecule has 2 aromatic carbocycles. The molecule has 162 valence electrons. The Balaban J connectivity index is 1.50. The summed E-state index contributed by atoms with van der Waals surface area (Å²) in [6.07, 6.45) is 4.45. The Morgan fingerprint density at radius 1 is 1.00 bits per heavy atom. The van der Waals surface area contributed by atoms with Gasteiger partial charge < -0.3 is 4.90 Å². The van der Waals surface area contributed by atoms with Crippen molar-refractivity contribution in [3.05, 3.63) is 93.7 Å². The lowest BCUT2D eigenvalue weighted by atomic mass is 10.0. The van der Waals surface area contributed by atoms with Crippen molar-refractivity contribution in [1.29, 1.82) is 0 Å². The van der Waals surface area contributed by atoms with Crippen molar-refractivity contribution in [2.75, 3.05) is 11.4 Å². The van der Waals surface area contributed by atoms with E-state index in [1.165, 1.54) is 0 Å². The van der Waals surface area contributed by atoms with Gasteiger partial charge in [-0.3, -0.25) is 0 Å². The molecule has 4 nitrogen and oxygen atoms in total. The lowest BCUT2D eigenvalue weighted by Crippen LogP contribution is -2.26. The molecule has 1 saturated heterocycles. The second-order valence-corrected chi connectivity index (χ2v) is 8.61. The molecule has 0 bridgehead atoms. The number of benzene rings is 2. The fourth-order valence-corrected chi connectivity index (χ4v) is 4.27. The highest BCUT2D eigenvalue weighted by Crippen LogP contribution is 2.38. The van der Waals surface area contributed by atoms with Crippen molar-refractivity contribution in [3.63, 3.8) is 0 Å². The molecule has 0 aliphatic carbocycles. The van der Waals surface area contributed by atoms with Gasteiger partial charge in [0.25, 0.3) is 0 Å². The zero-order valence-electron chi connectivity index (χ0n) is 16.8. The zero-order valence-corrected chi connectivity index (χ0v) is 18.4. The fourth-order valence-electron chi connectivity index (χ4n) is 4.01. The average molecular weight is 499 g/mol. The lowest BCUT2D eigenvalue weighted by molar-refractivity contribution is 0.355. The van der Waals surface area contributed by atoms with Gasteiger partial charge in [-0.15, -0.1) is 5.10 Å². The van der Waals surface area contributed by atoms with Crippen LogP contribution >= 0.6 is 15.9 Å². The van der Waals surface area contributed by atoms with Crippen LogP contribution in [0.1, 0.15) is 29.3 Å². The molecule has 4 aromatic rings. The fraction of sp³-hybridized carbons (Fsp3) is 0.167. The van der Waals surface area contributed by atoms with Gasteiger partial charge in [-0.2, -0.15) is 0 Å². The van der Waals surface area contributed by atoms with E-state index in [-0.39, 0.29) is 18.5 Å². The minimum absolute atomic E-state index is 0.0535. The smallest absolute Gasteiger partial charge is 0.154 e. The molecule has 1 aliphatic heterocycles. The molecule has 5 rings (SSSR count). The van der Waals surface area contributed by atoms with E-state index in [0.717, 1.165) is 33.9 Å². The SMILES string of the molecule is Fc1ccc(F)c([C@H]2C[C@H](F)CN2c2ccc3ncc(/C=C/c4ccc(Br)cc4)n3n2)c1. The number of fused-ring (bicyclic) bond motifs is 1. The first-order valence-electron chi connectivity index (χ1n) is 10.1. The van der Waals surface area contributed by atoms with Crippen LogP contribution in [0.2, 0.25) is 0 Å². The minimum Gasteiger partial charge on any atom is -0.345 e. The Morgan fingerprint density at radius 2 is 1.81 bits per heavy atom. The number of aromatic nitrogens is 3. The van der Waals surface area contributed by atoms with E-state index in [4.69, 9.17) is 0 Å². The highest BCUT2D eigenvalue weighted by Gasteiger charge is 2.36. The molecule has 32 heavy (non-hydrogen) atoms. The van der Waals surface area contributed by atoms with Crippen LogP contribution in [0, 0.1) is 11.6 Å². The number of imidazole rings is 1. The van der Waals surface area contributed by atoms with Gasteiger partial charge in [-0.1, -0.05) is 34.1 Å². The molecule has 0 N–H and O–H groups in total. The predicted octanol–water partition coefficient (Wildman–Crippen LogP) is 6.23. The molecular weight excluding hydrogens is 481 g/mol. The highest BCUT2D eigenvalue weighted by atomic mass is 79.9. The number of alkyl halides is 1. The van der Waals surface area contributed by atoms with Gasteiger partial charge in [-0.05, 0) is 54.1 Å². The van der Waals surface area contributed by atoms with Crippen LogP contribution in [0.4, 0.5) is 19.0 Å². The largest absolute Gasteiger partial charge is 0.345 e. The van der Waals surface area contributed by atoms with Crippen molar-refractivity contribution in [1.82, 2.24) is 14.6 Å². The van der Waals surface area contributed by atoms with Gasteiger partial charge in [-0.25, -0.2) is 22.7 Å². The Bertz CT molecular complexity index is 1300. The normalized spacial score (nSPS) is 18.8. The summed E-state index contributed by atoms with van der Waals surface area (Å²) in [7, 11) is 0. The molecule has 0 spiro atoms. The monoisotopic (exact) mass is 498 g/mol. The summed E-state index contributed by atoms with van der Waals surface area (Å²) in [5.41, 5.74) is 2.52. The van der Waals surface area contributed by atoms with Crippen molar-refractivity contribution in [2.45, 2.75) is 18.6 Å². The quantitative estimate of drug-likeness (QED) is 0.334. The minimum atomic E-state index is -1.17. The molecule has 0 radical (unpaired) electrons. The molecule has 2 aromatic heterocycles. The first-order chi connectivity index (χ1) is 15.5. The van der Waals surface area contributed by atoms with E-state index >= 15 is 0 Å². The van der Waals surface area contributed by atoms with Crippen LogP contribution in [0.15, 0.2) is 65.3 Å². The molecule has 2 atom stereocenters. The zero-order chi connectivity index (χ0) is 22.2. The van der Waals surface area contributed by atoms with Gasteiger partial charge >= 0.3 is 0 Å². The molecular formula is C24H18BrF3N4. The van der Waals surface area contributed by atoms with E-state index in [1.54, 1.807) is 27.7 Å². The van der Waals surface area contributed by atoms with Crippen LogP contribution in [0.5, 0.6) is 0 Å². The van der Waals surface area contributed by atoms with Crippen molar-refractivity contribution < 1.29 is 13.2 Å². The number of hydrogen-bond acceptors (Lipinski definition) is 3. The summed E-state index contributed by atoms with van der Waals surface area (Å²) in [6, 6.07) is 14.0. The third-order valence-electron chi connectivity index (χ3n) is 5.55. The van der Waals surface area contributed by atoms with E-state index in [0.29, 0.717) is 11.5 Å². The molecule has 3 heterocycles. The summed E-state index contributed by atoms with van der Waals surface area (Å²) in [5.74, 6) is -0.637. The van der Waals surface area contributed by atoms with Crippen molar-refractivity contribution in [2.24, 2.45) is 0 Å². The number of anilines is 1. The van der Waals surface area contributed by atoms with Crippen LogP contribution in [0.3, 0.4) is 0 Å². The van der Waals surface area contributed by atoms with Gasteiger partial charge in [0.1, 0.15) is 23.6 Å². The number of nitrogens with zero attached hydrogens (tertiary/aromatic N) is 4. The molecule has 1 aliphatic rings. The summed E-state index contributed by atoms with van der Waals surface area (Å²) in [6.45, 7) is 0.0535. The lowest BCUT2D eigenvalue weighted by Gasteiger charge is -2.26.